The summed E-state index contributed by atoms with van der Waals surface area (Å²) < 4.78 is 0. The van der Waals surface area contributed by atoms with Gasteiger partial charge in [0.2, 0.25) is 0 Å². The van der Waals surface area contributed by atoms with Crippen molar-refractivity contribution in [2.45, 2.75) is 31.1 Å². The molecule has 1 aliphatic carbocycles. The monoisotopic (exact) mass is 236 g/mol. The Morgan fingerprint density at radius 1 is 1.33 bits per heavy atom. The van der Waals surface area contributed by atoms with Gasteiger partial charge in [0.15, 0.2) is 0 Å². The molecule has 0 bridgehead atoms. The average Bonchev–Trinajstić information content (AvgIpc) is 2.78. The van der Waals surface area contributed by atoms with Crippen molar-refractivity contribution in [3.05, 3.63) is 48.0 Å². The van der Waals surface area contributed by atoms with E-state index in [0.717, 1.165) is 25.7 Å². The van der Waals surface area contributed by atoms with Crippen molar-refractivity contribution in [1.82, 2.24) is 0 Å². The maximum atomic E-state index is 9.28. The third-order valence-electron chi connectivity index (χ3n) is 4.00. The molecule has 0 amide bonds. The largest absolute Gasteiger partial charge is 0.197 e. The van der Waals surface area contributed by atoms with E-state index in [9.17, 15) is 10.5 Å². The molecular weight excluding hydrogens is 220 g/mol. The molecule has 0 saturated carbocycles. The van der Waals surface area contributed by atoms with E-state index >= 15 is 0 Å². The van der Waals surface area contributed by atoms with Crippen LogP contribution in [0.25, 0.3) is 0 Å². The Kier molecular flexibility index (Phi) is 3.49. The molecule has 0 heterocycles. The Morgan fingerprint density at radius 3 is 2.72 bits per heavy atom. The summed E-state index contributed by atoms with van der Waals surface area (Å²) in [6.07, 6.45) is 5.40. The van der Waals surface area contributed by atoms with Gasteiger partial charge in [0.25, 0.3) is 0 Å². The number of benzene rings is 1. The fraction of sp³-hybridized carbons (Fsp3) is 0.375. The maximum Gasteiger partial charge on any atom is 0.142 e. The summed E-state index contributed by atoms with van der Waals surface area (Å²) in [5.41, 5.74) is 2.19. The second kappa shape index (κ2) is 5.07. The van der Waals surface area contributed by atoms with Gasteiger partial charge in [-0.1, -0.05) is 30.3 Å². The smallest absolute Gasteiger partial charge is 0.142 e. The fourth-order valence-corrected chi connectivity index (χ4v) is 3.06. The SMILES string of the molecule is C=CCCC1(C(C#N)C#N)CCc2ccccc21. The first-order valence-corrected chi connectivity index (χ1v) is 6.27. The van der Waals surface area contributed by atoms with E-state index in [-0.39, 0.29) is 5.41 Å². The standard InChI is InChI=1S/C16H16N2/c1-2-3-9-16(14(11-17)12-18)10-8-13-6-4-5-7-15(13)16/h2,4-7,14H,1,3,8-10H2. The van der Waals surface area contributed by atoms with Crippen LogP contribution in [0.3, 0.4) is 0 Å². The van der Waals surface area contributed by atoms with Crippen molar-refractivity contribution in [2.75, 3.05) is 0 Å². The van der Waals surface area contributed by atoms with Crippen LogP contribution < -0.4 is 0 Å². The molecule has 0 saturated heterocycles. The van der Waals surface area contributed by atoms with Crippen molar-refractivity contribution < 1.29 is 0 Å². The molecule has 0 N–H and O–H groups in total. The average molecular weight is 236 g/mol. The summed E-state index contributed by atoms with van der Waals surface area (Å²) in [6, 6.07) is 12.6. The third-order valence-corrected chi connectivity index (χ3v) is 4.00. The highest BCUT2D eigenvalue weighted by atomic mass is 14.5. The van der Waals surface area contributed by atoms with Crippen LogP contribution in [0.2, 0.25) is 0 Å². The van der Waals surface area contributed by atoms with Gasteiger partial charge >= 0.3 is 0 Å². The van der Waals surface area contributed by atoms with Gasteiger partial charge in [0, 0.05) is 5.41 Å². The lowest BCUT2D eigenvalue weighted by Gasteiger charge is -2.31. The Morgan fingerprint density at radius 2 is 2.06 bits per heavy atom. The predicted octanol–water partition coefficient (Wildman–Crippen LogP) is 3.50. The van der Waals surface area contributed by atoms with Crippen LogP contribution in [0.15, 0.2) is 36.9 Å². The molecule has 18 heavy (non-hydrogen) atoms. The van der Waals surface area contributed by atoms with Gasteiger partial charge in [-0.15, -0.1) is 6.58 Å². The number of nitriles is 2. The van der Waals surface area contributed by atoms with E-state index in [1.165, 1.54) is 11.1 Å². The molecule has 1 aromatic rings. The lowest BCUT2D eigenvalue weighted by atomic mass is 9.69. The number of allylic oxidation sites excluding steroid dienone is 1. The van der Waals surface area contributed by atoms with Crippen LogP contribution >= 0.6 is 0 Å². The number of hydrogen-bond donors (Lipinski definition) is 0. The van der Waals surface area contributed by atoms with Crippen molar-refractivity contribution >= 4 is 0 Å². The maximum absolute atomic E-state index is 9.28. The number of nitrogens with zero attached hydrogens (tertiary/aromatic N) is 2. The van der Waals surface area contributed by atoms with Crippen molar-refractivity contribution in [2.24, 2.45) is 5.92 Å². The highest BCUT2D eigenvalue weighted by Crippen LogP contribution is 2.47. The van der Waals surface area contributed by atoms with Gasteiger partial charge in [-0.05, 0) is 36.8 Å². The summed E-state index contributed by atoms with van der Waals surface area (Å²) in [5, 5.41) is 18.6. The van der Waals surface area contributed by atoms with Gasteiger partial charge in [-0.3, -0.25) is 0 Å². The molecule has 2 heteroatoms. The van der Waals surface area contributed by atoms with Crippen LogP contribution in [0.1, 0.15) is 30.4 Å². The Bertz CT molecular complexity index is 519. The summed E-state index contributed by atoms with van der Waals surface area (Å²) >= 11 is 0. The molecule has 1 aromatic carbocycles. The van der Waals surface area contributed by atoms with Gasteiger partial charge in [0.05, 0.1) is 12.1 Å². The number of hydrogen-bond acceptors (Lipinski definition) is 2. The first-order chi connectivity index (χ1) is 8.78. The molecular formula is C16H16N2. The zero-order valence-electron chi connectivity index (χ0n) is 10.4. The van der Waals surface area contributed by atoms with Crippen LogP contribution in [0, 0.1) is 28.6 Å². The Hall–Kier alpha value is -2.06. The minimum absolute atomic E-state index is 0.297. The van der Waals surface area contributed by atoms with Crippen molar-refractivity contribution in [3.8, 4) is 12.1 Å². The normalized spacial score (nSPS) is 21.1. The van der Waals surface area contributed by atoms with E-state index in [1.807, 2.05) is 18.2 Å². The van der Waals surface area contributed by atoms with Crippen LogP contribution in [0.4, 0.5) is 0 Å². The predicted molar refractivity (Wildman–Crippen MR) is 70.6 cm³/mol. The quantitative estimate of drug-likeness (QED) is 0.751. The summed E-state index contributed by atoms with van der Waals surface area (Å²) in [7, 11) is 0. The first-order valence-electron chi connectivity index (χ1n) is 6.27. The van der Waals surface area contributed by atoms with Crippen LogP contribution in [-0.4, -0.2) is 0 Å². The van der Waals surface area contributed by atoms with Crippen LogP contribution in [-0.2, 0) is 11.8 Å². The molecule has 0 aliphatic heterocycles. The second-order valence-corrected chi connectivity index (χ2v) is 4.83. The van der Waals surface area contributed by atoms with Gasteiger partial charge in [0.1, 0.15) is 5.92 Å². The molecule has 1 unspecified atom stereocenters. The lowest BCUT2D eigenvalue weighted by molar-refractivity contribution is 0.347. The van der Waals surface area contributed by atoms with E-state index in [2.05, 4.69) is 30.9 Å². The molecule has 0 spiro atoms. The first kappa shape index (κ1) is 12.4. The lowest BCUT2D eigenvalue weighted by Crippen LogP contribution is -2.31. The third kappa shape index (κ3) is 1.81. The molecule has 0 fully saturated rings. The van der Waals surface area contributed by atoms with Crippen molar-refractivity contribution in [3.63, 3.8) is 0 Å². The van der Waals surface area contributed by atoms with Gasteiger partial charge in [-0.25, -0.2) is 0 Å². The Labute approximate surface area is 108 Å². The number of rotatable bonds is 4. The number of aryl methyl sites for hydroxylation is 1. The second-order valence-electron chi connectivity index (χ2n) is 4.83. The topological polar surface area (TPSA) is 47.6 Å². The van der Waals surface area contributed by atoms with E-state index in [0.29, 0.717) is 0 Å². The summed E-state index contributed by atoms with van der Waals surface area (Å²) in [5.74, 6) is -0.568. The minimum Gasteiger partial charge on any atom is -0.197 e. The van der Waals surface area contributed by atoms with Gasteiger partial charge in [-0.2, -0.15) is 10.5 Å². The highest BCUT2D eigenvalue weighted by Gasteiger charge is 2.44. The summed E-state index contributed by atoms with van der Waals surface area (Å²) in [6.45, 7) is 3.75. The Balaban J connectivity index is 2.49. The molecule has 2 nitrogen and oxygen atoms in total. The van der Waals surface area contributed by atoms with Crippen LogP contribution in [0.5, 0.6) is 0 Å². The van der Waals surface area contributed by atoms with Crippen molar-refractivity contribution in [1.29, 1.82) is 10.5 Å². The summed E-state index contributed by atoms with van der Waals surface area (Å²) in [4.78, 5) is 0. The zero-order chi connectivity index (χ0) is 13.0. The van der Waals surface area contributed by atoms with Gasteiger partial charge < -0.3 is 0 Å². The highest BCUT2D eigenvalue weighted by molar-refractivity contribution is 5.43. The van der Waals surface area contributed by atoms with E-state index < -0.39 is 5.92 Å². The minimum atomic E-state index is -0.568. The molecule has 1 atom stereocenters. The van der Waals surface area contributed by atoms with E-state index in [4.69, 9.17) is 0 Å². The molecule has 0 radical (unpaired) electrons. The van der Waals surface area contributed by atoms with E-state index in [1.54, 1.807) is 0 Å². The fourth-order valence-electron chi connectivity index (χ4n) is 3.06. The molecule has 2 rings (SSSR count). The molecule has 0 aromatic heterocycles. The molecule has 90 valence electrons. The number of fused-ring (bicyclic) bond motifs is 1. The molecule has 1 aliphatic rings. The zero-order valence-corrected chi connectivity index (χ0v) is 10.4.